The van der Waals surface area contributed by atoms with Gasteiger partial charge in [0.25, 0.3) is 0 Å². The molecule has 1 unspecified atom stereocenters. The van der Waals surface area contributed by atoms with E-state index < -0.39 is 0 Å². The Morgan fingerprint density at radius 2 is 2.35 bits per heavy atom. The molecular weight excluding hydrogens is 216 g/mol. The molecule has 0 fully saturated rings. The molecule has 0 aromatic carbocycles. The number of nitrogens with zero attached hydrogens (tertiary/aromatic N) is 2. The smallest absolute Gasteiger partial charge is 0.139 e. The van der Waals surface area contributed by atoms with Crippen molar-refractivity contribution in [3.8, 4) is 0 Å². The second kappa shape index (κ2) is 3.93. The molecule has 0 bridgehead atoms. The number of aromatic amines is 1. The van der Waals surface area contributed by atoms with Crippen LogP contribution in [0.15, 0.2) is 41.4 Å². The number of pyridine rings is 1. The van der Waals surface area contributed by atoms with E-state index in [2.05, 4.69) is 27.4 Å². The molecule has 3 aromatic rings. The molecule has 3 heterocycles. The lowest BCUT2D eigenvalue weighted by Gasteiger charge is -2.12. The summed E-state index contributed by atoms with van der Waals surface area (Å²) in [4.78, 5) is 4.33. The summed E-state index contributed by atoms with van der Waals surface area (Å²) in [5, 5.41) is 11.1. The van der Waals surface area contributed by atoms with Crippen LogP contribution < -0.4 is 5.32 Å². The zero-order valence-electron chi connectivity index (χ0n) is 9.34. The van der Waals surface area contributed by atoms with Crippen LogP contribution in [0, 0.1) is 0 Å². The lowest BCUT2D eigenvalue weighted by atomic mass is 10.2. The van der Waals surface area contributed by atoms with Crippen molar-refractivity contribution in [2.45, 2.75) is 13.0 Å². The monoisotopic (exact) mass is 228 g/mol. The zero-order valence-corrected chi connectivity index (χ0v) is 9.34. The molecular formula is C12H12N4O. The molecule has 5 nitrogen and oxygen atoms in total. The number of aromatic nitrogens is 3. The van der Waals surface area contributed by atoms with E-state index in [1.165, 1.54) is 0 Å². The van der Waals surface area contributed by atoms with E-state index in [9.17, 15) is 0 Å². The van der Waals surface area contributed by atoms with Crippen LogP contribution in [0.5, 0.6) is 0 Å². The quantitative estimate of drug-likeness (QED) is 0.723. The molecule has 1 atom stereocenters. The third-order valence-corrected chi connectivity index (χ3v) is 2.75. The van der Waals surface area contributed by atoms with E-state index >= 15 is 0 Å². The van der Waals surface area contributed by atoms with Gasteiger partial charge in [0.1, 0.15) is 11.4 Å². The minimum Gasteiger partial charge on any atom is -0.464 e. The fraction of sp³-hybridized carbons (Fsp3) is 0.167. The topological polar surface area (TPSA) is 66.7 Å². The van der Waals surface area contributed by atoms with Crippen LogP contribution in [-0.2, 0) is 0 Å². The largest absolute Gasteiger partial charge is 0.464 e. The zero-order chi connectivity index (χ0) is 11.7. The predicted molar refractivity (Wildman–Crippen MR) is 64.6 cm³/mol. The van der Waals surface area contributed by atoms with Crippen molar-refractivity contribution in [2.75, 3.05) is 5.32 Å². The SMILES string of the molecule is CC(Nc1nccc2occc12)c1cn[nH]c1. The van der Waals surface area contributed by atoms with E-state index in [1.54, 1.807) is 18.7 Å². The number of hydrogen-bond donors (Lipinski definition) is 2. The summed E-state index contributed by atoms with van der Waals surface area (Å²) in [6.07, 6.45) is 7.07. The first-order chi connectivity index (χ1) is 8.34. The first-order valence-electron chi connectivity index (χ1n) is 5.42. The van der Waals surface area contributed by atoms with Gasteiger partial charge in [0.2, 0.25) is 0 Å². The van der Waals surface area contributed by atoms with Crippen molar-refractivity contribution < 1.29 is 4.42 Å². The van der Waals surface area contributed by atoms with Gasteiger partial charge >= 0.3 is 0 Å². The Balaban J connectivity index is 1.92. The maximum absolute atomic E-state index is 5.33. The molecule has 0 spiro atoms. The number of furan rings is 1. The van der Waals surface area contributed by atoms with E-state index in [0.29, 0.717) is 0 Å². The van der Waals surface area contributed by atoms with Crippen LogP contribution in [-0.4, -0.2) is 15.2 Å². The highest BCUT2D eigenvalue weighted by molar-refractivity contribution is 5.87. The summed E-state index contributed by atoms with van der Waals surface area (Å²) >= 11 is 0. The number of fused-ring (bicyclic) bond motifs is 1. The summed E-state index contributed by atoms with van der Waals surface area (Å²) in [6.45, 7) is 2.06. The van der Waals surface area contributed by atoms with Gasteiger partial charge < -0.3 is 9.73 Å². The summed E-state index contributed by atoms with van der Waals surface area (Å²) < 4.78 is 5.33. The normalized spacial score (nSPS) is 12.8. The van der Waals surface area contributed by atoms with E-state index in [1.807, 2.05) is 18.3 Å². The minimum atomic E-state index is 0.141. The Hall–Kier alpha value is -2.30. The second-order valence-corrected chi connectivity index (χ2v) is 3.89. The van der Waals surface area contributed by atoms with Crippen molar-refractivity contribution in [3.63, 3.8) is 0 Å². The average Bonchev–Trinajstić information content (AvgIpc) is 3.00. The summed E-state index contributed by atoms with van der Waals surface area (Å²) in [6, 6.07) is 3.90. The Kier molecular flexibility index (Phi) is 2.29. The molecule has 0 saturated carbocycles. The highest BCUT2D eigenvalue weighted by Gasteiger charge is 2.10. The highest BCUT2D eigenvalue weighted by atomic mass is 16.3. The van der Waals surface area contributed by atoms with E-state index in [4.69, 9.17) is 4.42 Å². The molecule has 2 N–H and O–H groups in total. The van der Waals surface area contributed by atoms with Gasteiger partial charge in [-0.1, -0.05) is 0 Å². The van der Waals surface area contributed by atoms with Gasteiger partial charge in [-0.3, -0.25) is 5.10 Å². The van der Waals surface area contributed by atoms with Crippen LogP contribution in [0.3, 0.4) is 0 Å². The standard InChI is InChI=1S/C12H12N4O/c1-8(9-6-14-15-7-9)16-12-10-3-5-17-11(10)2-4-13-12/h2-8H,1H3,(H,13,16)(H,14,15). The first kappa shape index (κ1) is 9.89. The van der Waals surface area contributed by atoms with Gasteiger partial charge in [-0.2, -0.15) is 5.10 Å². The van der Waals surface area contributed by atoms with E-state index in [-0.39, 0.29) is 6.04 Å². The van der Waals surface area contributed by atoms with Crippen molar-refractivity contribution >= 4 is 16.8 Å². The molecule has 5 heteroatoms. The molecule has 3 aromatic heterocycles. The van der Waals surface area contributed by atoms with Crippen LogP contribution in [0.1, 0.15) is 18.5 Å². The Bertz CT molecular complexity index is 614. The maximum atomic E-state index is 5.33. The Morgan fingerprint density at radius 1 is 1.41 bits per heavy atom. The van der Waals surface area contributed by atoms with Gasteiger partial charge in [-0.25, -0.2) is 4.98 Å². The molecule has 3 rings (SSSR count). The maximum Gasteiger partial charge on any atom is 0.139 e. The van der Waals surface area contributed by atoms with Crippen LogP contribution in [0.25, 0.3) is 11.0 Å². The number of H-pyrrole nitrogens is 1. The van der Waals surface area contributed by atoms with Gasteiger partial charge in [-0.15, -0.1) is 0 Å². The van der Waals surface area contributed by atoms with Crippen molar-refractivity contribution in [1.82, 2.24) is 15.2 Å². The number of anilines is 1. The number of hydrogen-bond acceptors (Lipinski definition) is 4. The summed E-state index contributed by atoms with van der Waals surface area (Å²) in [5.74, 6) is 0.824. The first-order valence-corrected chi connectivity index (χ1v) is 5.42. The number of rotatable bonds is 3. The summed E-state index contributed by atoms with van der Waals surface area (Å²) in [7, 11) is 0. The fourth-order valence-corrected chi connectivity index (χ4v) is 1.80. The van der Waals surface area contributed by atoms with Gasteiger partial charge in [0, 0.05) is 18.0 Å². The lowest BCUT2D eigenvalue weighted by Crippen LogP contribution is -2.07. The summed E-state index contributed by atoms with van der Waals surface area (Å²) in [5.41, 5.74) is 1.93. The highest BCUT2D eigenvalue weighted by Crippen LogP contribution is 2.25. The minimum absolute atomic E-state index is 0.141. The molecule has 0 radical (unpaired) electrons. The third kappa shape index (κ3) is 1.75. The molecule has 0 aliphatic heterocycles. The Morgan fingerprint density at radius 3 is 3.18 bits per heavy atom. The average molecular weight is 228 g/mol. The number of nitrogens with one attached hydrogen (secondary N) is 2. The molecule has 17 heavy (non-hydrogen) atoms. The third-order valence-electron chi connectivity index (χ3n) is 2.75. The van der Waals surface area contributed by atoms with Gasteiger partial charge in [0.15, 0.2) is 0 Å². The van der Waals surface area contributed by atoms with Crippen molar-refractivity contribution in [2.24, 2.45) is 0 Å². The van der Waals surface area contributed by atoms with E-state index in [0.717, 1.165) is 22.4 Å². The molecule has 0 amide bonds. The van der Waals surface area contributed by atoms with Crippen LogP contribution in [0.4, 0.5) is 5.82 Å². The lowest BCUT2D eigenvalue weighted by molar-refractivity contribution is 0.615. The molecule has 0 aliphatic carbocycles. The van der Waals surface area contributed by atoms with Crippen molar-refractivity contribution in [1.29, 1.82) is 0 Å². The van der Waals surface area contributed by atoms with Gasteiger partial charge in [-0.05, 0) is 19.1 Å². The second-order valence-electron chi connectivity index (χ2n) is 3.89. The van der Waals surface area contributed by atoms with Crippen molar-refractivity contribution in [3.05, 3.63) is 42.5 Å². The predicted octanol–water partition coefficient (Wildman–Crippen LogP) is 2.72. The van der Waals surface area contributed by atoms with Crippen LogP contribution in [0.2, 0.25) is 0 Å². The van der Waals surface area contributed by atoms with Gasteiger partial charge in [0.05, 0.1) is 23.9 Å². The molecule has 0 aliphatic rings. The molecule has 0 saturated heterocycles. The van der Waals surface area contributed by atoms with Crippen LogP contribution >= 0.6 is 0 Å². The fourth-order valence-electron chi connectivity index (χ4n) is 1.80. The molecule has 86 valence electrons. The Labute approximate surface area is 97.9 Å².